The lowest BCUT2D eigenvalue weighted by atomic mass is 10.3. The topological polar surface area (TPSA) is 65.2 Å². The second-order valence-corrected chi connectivity index (χ2v) is 6.42. The number of aromatic nitrogens is 1. The normalized spacial score (nSPS) is 12.6. The number of rotatable bonds is 7. The van der Waals surface area contributed by atoms with Crippen LogP contribution < -0.4 is 5.32 Å². The summed E-state index contributed by atoms with van der Waals surface area (Å²) in [6.07, 6.45) is 1.56. The molecule has 0 aliphatic rings. The fourth-order valence-electron chi connectivity index (χ4n) is 1.70. The molecule has 1 aromatic rings. The van der Waals surface area contributed by atoms with Crippen molar-refractivity contribution in [2.24, 2.45) is 0 Å². The number of H-pyrrole nitrogens is 1. The molecule has 2 N–H and O–H groups in total. The van der Waals surface area contributed by atoms with Crippen LogP contribution in [-0.4, -0.2) is 36.8 Å². The molecule has 1 rings (SSSR count). The summed E-state index contributed by atoms with van der Waals surface area (Å²) in [4.78, 5) is 3.34. The van der Waals surface area contributed by atoms with Gasteiger partial charge in [0, 0.05) is 37.6 Å². The Hall–Kier alpha value is -0.850. The minimum absolute atomic E-state index is 0.340. The number of nitrogens with zero attached hydrogens (tertiary/aromatic N) is 1. The van der Waals surface area contributed by atoms with Crippen molar-refractivity contribution >= 4 is 10.0 Å². The molecular weight excluding hydrogens is 250 g/mol. The Morgan fingerprint density at radius 3 is 2.44 bits per heavy atom. The summed E-state index contributed by atoms with van der Waals surface area (Å²) < 4.78 is 25.9. The summed E-state index contributed by atoms with van der Waals surface area (Å²) >= 11 is 0. The highest BCUT2D eigenvalue weighted by molar-refractivity contribution is 7.89. The van der Waals surface area contributed by atoms with Gasteiger partial charge in [-0.3, -0.25) is 0 Å². The van der Waals surface area contributed by atoms with Crippen molar-refractivity contribution in [3.05, 3.63) is 18.0 Å². The summed E-state index contributed by atoms with van der Waals surface area (Å²) in [7, 11) is -3.34. The van der Waals surface area contributed by atoms with E-state index in [0.29, 0.717) is 30.6 Å². The minimum atomic E-state index is -3.34. The lowest BCUT2D eigenvalue weighted by Crippen LogP contribution is -2.30. The Morgan fingerprint density at radius 2 is 1.94 bits per heavy atom. The van der Waals surface area contributed by atoms with Gasteiger partial charge in [-0.15, -0.1) is 0 Å². The van der Waals surface area contributed by atoms with Crippen LogP contribution in [0.2, 0.25) is 0 Å². The van der Waals surface area contributed by atoms with E-state index in [4.69, 9.17) is 0 Å². The fourth-order valence-corrected chi connectivity index (χ4v) is 3.17. The summed E-state index contributed by atoms with van der Waals surface area (Å²) in [6, 6.07) is 2.07. The molecule has 6 heteroatoms. The zero-order chi connectivity index (χ0) is 13.8. The standard InChI is InChI=1S/C12H23N3O2S/c1-5-15(6-2)18(16,17)12-7-11(14-9-12)8-13-10(3)4/h7,9-10,13-14H,5-6,8H2,1-4H3. The molecule has 0 aliphatic carbocycles. The van der Waals surface area contributed by atoms with E-state index in [9.17, 15) is 8.42 Å². The molecule has 0 saturated heterocycles. The average Bonchev–Trinajstić information content (AvgIpc) is 2.76. The predicted molar refractivity (Wildman–Crippen MR) is 72.9 cm³/mol. The summed E-state index contributed by atoms with van der Waals surface area (Å²) in [5.41, 5.74) is 0.884. The Kier molecular flexibility index (Phi) is 5.37. The summed E-state index contributed by atoms with van der Waals surface area (Å²) in [5, 5.41) is 3.24. The number of hydrogen-bond acceptors (Lipinski definition) is 3. The van der Waals surface area contributed by atoms with E-state index in [-0.39, 0.29) is 0 Å². The van der Waals surface area contributed by atoms with Gasteiger partial charge in [0.1, 0.15) is 0 Å². The fraction of sp³-hybridized carbons (Fsp3) is 0.667. The van der Waals surface area contributed by atoms with Crippen molar-refractivity contribution in [1.29, 1.82) is 0 Å². The molecule has 104 valence electrons. The molecule has 0 aliphatic heterocycles. The third-order valence-corrected chi connectivity index (χ3v) is 4.79. The van der Waals surface area contributed by atoms with E-state index in [2.05, 4.69) is 24.1 Å². The van der Waals surface area contributed by atoms with Gasteiger partial charge in [-0.2, -0.15) is 4.31 Å². The van der Waals surface area contributed by atoms with Crippen LogP contribution in [0.15, 0.2) is 17.2 Å². The van der Waals surface area contributed by atoms with Gasteiger partial charge in [0.05, 0.1) is 4.90 Å². The van der Waals surface area contributed by atoms with Crippen LogP contribution >= 0.6 is 0 Å². The van der Waals surface area contributed by atoms with Gasteiger partial charge in [0.25, 0.3) is 0 Å². The Labute approximate surface area is 110 Å². The van der Waals surface area contributed by atoms with Gasteiger partial charge in [0.2, 0.25) is 10.0 Å². The monoisotopic (exact) mass is 273 g/mol. The zero-order valence-corrected chi connectivity index (χ0v) is 12.3. The van der Waals surface area contributed by atoms with Crippen molar-refractivity contribution in [2.75, 3.05) is 13.1 Å². The van der Waals surface area contributed by atoms with Crippen LogP contribution in [0.1, 0.15) is 33.4 Å². The summed E-state index contributed by atoms with van der Waals surface area (Å²) in [6.45, 7) is 9.41. The first-order valence-electron chi connectivity index (χ1n) is 6.32. The van der Waals surface area contributed by atoms with Gasteiger partial charge >= 0.3 is 0 Å². The van der Waals surface area contributed by atoms with Crippen LogP contribution in [0.25, 0.3) is 0 Å². The molecule has 1 aromatic heterocycles. The predicted octanol–water partition coefficient (Wildman–Crippen LogP) is 1.54. The van der Waals surface area contributed by atoms with Gasteiger partial charge in [0.15, 0.2) is 0 Å². The van der Waals surface area contributed by atoms with E-state index >= 15 is 0 Å². The third-order valence-electron chi connectivity index (χ3n) is 2.76. The highest BCUT2D eigenvalue weighted by Gasteiger charge is 2.22. The Morgan fingerprint density at radius 1 is 1.33 bits per heavy atom. The number of hydrogen-bond donors (Lipinski definition) is 2. The third kappa shape index (κ3) is 3.57. The highest BCUT2D eigenvalue weighted by atomic mass is 32.2. The highest BCUT2D eigenvalue weighted by Crippen LogP contribution is 2.16. The Balaban J connectivity index is 2.84. The molecule has 0 unspecified atom stereocenters. The van der Waals surface area contributed by atoms with Crippen LogP contribution in [0, 0.1) is 0 Å². The van der Waals surface area contributed by atoms with Crippen molar-refractivity contribution < 1.29 is 8.42 Å². The maximum absolute atomic E-state index is 12.2. The molecule has 5 nitrogen and oxygen atoms in total. The van der Waals surface area contributed by atoms with E-state index in [0.717, 1.165) is 5.69 Å². The van der Waals surface area contributed by atoms with E-state index in [1.165, 1.54) is 4.31 Å². The van der Waals surface area contributed by atoms with Gasteiger partial charge < -0.3 is 10.3 Å². The van der Waals surface area contributed by atoms with Crippen LogP contribution in [0.4, 0.5) is 0 Å². The van der Waals surface area contributed by atoms with Crippen molar-refractivity contribution in [3.63, 3.8) is 0 Å². The summed E-state index contributed by atoms with van der Waals surface area (Å²) in [5.74, 6) is 0. The van der Waals surface area contributed by atoms with Crippen LogP contribution in [-0.2, 0) is 16.6 Å². The van der Waals surface area contributed by atoms with E-state index in [1.807, 2.05) is 13.8 Å². The quantitative estimate of drug-likeness (QED) is 0.792. The second-order valence-electron chi connectivity index (χ2n) is 4.49. The van der Waals surface area contributed by atoms with Crippen molar-refractivity contribution in [2.45, 2.75) is 45.2 Å². The second kappa shape index (κ2) is 6.36. The smallest absolute Gasteiger partial charge is 0.244 e. The molecule has 18 heavy (non-hydrogen) atoms. The lowest BCUT2D eigenvalue weighted by Gasteiger charge is -2.17. The number of aromatic amines is 1. The van der Waals surface area contributed by atoms with Crippen LogP contribution in [0.5, 0.6) is 0 Å². The number of sulfonamides is 1. The van der Waals surface area contributed by atoms with Gasteiger partial charge in [-0.1, -0.05) is 27.7 Å². The maximum Gasteiger partial charge on any atom is 0.244 e. The van der Waals surface area contributed by atoms with Gasteiger partial charge in [-0.05, 0) is 6.07 Å². The molecule has 0 fully saturated rings. The molecule has 0 spiro atoms. The van der Waals surface area contributed by atoms with Crippen molar-refractivity contribution in [1.82, 2.24) is 14.6 Å². The minimum Gasteiger partial charge on any atom is -0.363 e. The van der Waals surface area contributed by atoms with E-state index in [1.54, 1.807) is 12.3 Å². The van der Waals surface area contributed by atoms with Crippen LogP contribution in [0.3, 0.4) is 0 Å². The molecule has 0 radical (unpaired) electrons. The van der Waals surface area contributed by atoms with Crippen molar-refractivity contribution in [3.8, 4) is 0 Å². The first-order valence-corrected chi connectivity index (χ1v) is 7.76. The molecule has 0 bridgehead atoms. The maximum atomic E-state index is 12.2. The average molecular weight is 273 g/mol. The molecule has 1 heterocycles. The SMILES string of the molecule is CCN(CC)S(=O)(=O)c1c[nH]c(CNC(C)C)c1. The first-order chi connectivity index (χ1) is 8.41. The lowest BCUT2D eigenvalue weighted by molar-refractivity contribution is 0.445. The number of nitrogens with one attached hydrogen (secondary N) is 2. The van der Waals surface area contributed by atoms with Gasteiger partial charge in [-0.25, -0.2) is 8.42 Å². The Bertz CT molecular complexity index is 461. The molecule has 0 atom stereocenters. The first kappa shape index (κ1) is 15.2. The molecule has 0 amide bonds. The molecule has 0 aromatic carbocycles. The van der Waals surface area contributed by atoms with E-state index < -0.39 is 10.0 Å². The largest absolute Gasteiger partial charge is 0.363 e. The molecule has 0 saturated carbocycles. The zero-order valence-electron chi connectivity index (χ0n) is 11.5. The molecular formula is C12H23N3O2S.